The van der Waals surface area contributed by atoms with Crippen molar-refractivity contribution >= 4 is 23.6 Å². The number of hydrogen-bond acceptors (Lipinski definition) is 7. The van der Waals surface area contributed by atoms with Gasteiger partial charge in [0.05, 0.1) is 6.61 Å². The molecule has 2 amide bonds. The predicted octanol–water partition coefficient (Wildman–Crippen LogP) is -0.642. The maximum Gasteiger partial charge on any atom is 0.409 e. The highest BCUT2D eigenvalue weighted by Crippen LogP contribution is 2.16. The molecule has 0 bridgehead atoms. The van der Waals surface area contributed by atoms with Gasteiger partial charge in [0, 0.05) is 12.6 Å². The van der Waals surface area contributed by atoms with Crippen molar-refractivity contribution in [1.82, 2.24) is 5.32 Å². The molecule has 138 valence electrons. The lowest BCUT2D eigenvalue weighted by Gasteiger charge is -2.37. The van der Waals surface area contributed by atoms with E-state index in [0.717, 1.165) is 0 Å². The van der Waals surface area contributed by atoms with E-state index >= 15 is 0 Å². The van der Waals surface area contributed by atoms with Crippen LogP contribution in [0.15, 0.2) is 30.3 Å². The van der Waals surface area contributed by atoms with Crippen LogP contribution in [-0.2, 0) is 9.53 Å². The van der Waals surface area contributed by atoms with Crippen LogP contribution in [0.4, 0.5) is 10.5 Å². The molecule has 0 radical (unpaired) electrons. The molecule has 25 heavy (non-hydrogen) atoms. The topological polar surface area (TPSA) is 172 Å². The number of rotatable bonds is 3. The Morgan fingerprint density at radius 3 is 2.28 bits per heavy atom. The number of carboxylic acid groups (broad SMARTS) is 1. The standard InChI is InChI=1S/C8H14N2O5.C7H7NO2/c1-3(12)10-5-7(14)6(13)4(2-11)15-8(5)9;9-7(10)8-6-4-2-1-3-5-6/h4-7,9,11,13-14H,2H2,1H3,(H,10,12);1-5,8H,(H,9,10)/t4-,5-,6-,7-;/m1./s1. The molecular formula is C15H21N3O7. The first-order valence-electron chi connectivity index (χ1n) is 7.30. The van der Waals surface area contributed by atoms with Crippen molar-refractivity contribution in [3.63, 3.8) is 0 Å². The Bertz CT molecular complexity index is 596. The zero-order valence-electron chi connectivity index (χ0n) is 13.4. The number of hydrogen-bond donors (Lipinski definition) is 7. The first-order valence-corrected chi connectivity index (χ1v) is 7.30. The highest BCUT2D eigenvalue weighted by Gasteiger charge is 2.42. The monoisotopic (exact) mass is 355 g/mol. The van der Waals surface area contributed by atoms with Crippen LogP contribution in [0.5, 0.6) is 0 Å². The summed E-state index contributed by atoms with van der Waals surface area (Å²) in [6, 6.07) is 7.67. The third kappa shape index (κ3) is 6.37. The lowest BCUT2D eigenvalue weighted by Crippen LogP contribution is -2.62. The van der Waals surface area contributed by atoms with Crippen molar-refractivity contribution in [3.8, 4) is 0 Å². The molecule has 0 aromatic heterocycles. The molecule has 1 heterocycles. The average molecular weight is 355 g/mol. The van der Waals surface area contributed by atoms with Crippen LogP contribution in [0.3, 0.4) is 0 Å². The Balaban J connectivity index is 0.000000271. The van der Waals surface area contributed by atoms with Crippen LogP contribution < -0.4 is 10.6 Å². The van der Waals surface area contributed by atoms with Crippen LogP contribution in [0, 0.1) is 5.41 Å². The van der Waals surface area contributed by atoms with Crippen molar-refractivity contribution < 1.29 is 34.8 Å². The van der Waals surface area contributed by atoms with E-state index < -0.39 is 43.0 Å². The Hall–Kier alpha value is -2.69. The summed E-state index contributed by atoms with van der Waals surface area (Å²) in [7, 11) is 0. The molecule has 10 nitrogen and oxygen atoms in total. The van der Waals surface area contributed by atoms with Gasteiger partial charge in [0.25, 0.3) is 0 Å². The molecule has 1 aliphatic heterocycles. The van der Waals surface area contributed by atoms with Gasteiger partial charge in [-0.1, -0.05) is 18.2 Å². The van der Waals surface area contributed by atoms with Crippen molar-refractivity contribution in [2.75, 3.05) is 11.9 Å². The lowest BCUT2D eigenvalue weighted by atomic mass is 9.97. The van der Waals surface area contributed by atoms with Crippen LogP contribution >= 0.6 is 0 Å². The Morgan fingerprint density at radius 1 is 1.20 bits per heavy atom. The number of carbonyl (C=O) groups excluding carboxylic acids is 1. The molecule has 1 fully saturated rings. The number of ether oxygens (including phenoxy) is 1. The number of carbonyl (C=O) groups is 2. The quantitative estimate of drug-likeness (QED) is 0.377. The van der Waals surface area contributed by atoms with Gasteiger partial charge in [0.15, 0.2) is 6.10 Å². The van der Waals surface area contributed by atoms with Crippen LogP contribution in [0.25, 0.3) is 0 Å². The fourth-order valence-electron chi connectivity index (χ4n) is 2.04. The van der Waals surface area contributed by atoms with Gasteiger partial charge in [0.2, 0.25) is 11.8 Å². The SMILES string of the molecule is CC(=O)N[C@H]1C(=N)O[C@H](CO)[C@@H](O)[C@@H]1O.O=C(O)Nc1ccccc1. The fraction of sp³-hybridized carbons (Fsp3) is 0.400. The molecule has 2 rings (SSSR count). The summed E-state index contributed by atoms with van der Waals surface area (Å²) in [5.41, 5.74) is 0.593. The summed E-state index contributed by atoms with van der Waals surface area (Å²) in [5.74, 6) is -0.816. The number of para-hydroxylation sites is 1. The minimum absolute atomic E-state index is 0.373. The molecule has 1 aliphatic rings. The molecule has 0 aliphatic carbocycles. The van der Waals surface area contributed by atoms with E-state index in [1.54, 1.807) is 24.3 Å². The third-order valence-corrected chi connectivity index (χ3v) is 3.20. The van der Waals surface area contributed by atoms with Gasteiger partial charge in [-0.2, -0.15) is 0 Å². The summed E-state index contributed by atoms with van der Waals surface area (Å²) < 4.78 is 4.84. The second kappa shape index (κ2) is 9.57. The van der Waals surface area contributed by atoms with Gasteiger partial charge >= 0.3 is 6.09 Å². The van der Waals surface area contributed by atoms with Gasteiger partial charge in [-0.25, -0.2) is 4.79 Å². The minimum atomic E-state index is -1.35. The normalized spacial score (nSPS) is 25.0. The molecule has 4 atom stereocenters. The number of nitrogens with one attached hydrogen (secondary N) is 3. The van der Waals surface area contributed by atoms with E-state index in [0.29, 0.717) is 5.69 Å². The zero-order valence-corrected chi connectivity index (χ0v) is 13.4. The summed E-state index contributed by atoms with van der Waals surface area (Å²) in [5, 5.41) is 47.9. The maximum atomic E-state index is 10.8. The van der Waals surface area contributed by atoms with Gasteiger partial charge < -0.3 is 30.5 Å². The second-order valence-electron chi connectivity index (χ2n) is 5.16. The Morgan fingerprint density at radius 2 is 1.80 bits per heavy atom. The van der Waals surface area contributed by atoms with Crippen molar-refractivity contribution in [2.24, 2.45) is 0 Å². The van der Waals surface area contributed by atoms with E-state index in [2.05, 4.69) is 10.6 Å². The highest BCUT2D eigenvalue weighted by molar-refractivity contribution is 5.86. The van der Waals surface area contributed by atoms with Crippen LogP contribution in [0.1, 0.15) is 6.92 Å². The van der Waals surface area contributed by atoms with E-state index in [1.807, 2.05) is 6.07 Å². The summed E-state index contributed by atoms with van der Waals surface area (Å²) in [6.07, 6.45) is -4.75. The summed E-state index contributed by atoms with van der Waals surface area (Å²) >= 11 is 0. The van der Waals surface area contributed by atoms with E-state index in [4.69, 9.17) is 20.4 Å². The number of amides is 2. The van der Waals surface area contributed by atoms with Crippen molar-refractivity contribution in [3.05, 3.63) is 30.3 Å². The van der Waals surface area contributed by atoms with Gasteiger partial charge in [-0.3, -0.25) is 15.5 Å². The molecule has 0 saturated carbocycles. The second-order valence-corrected chi connectivity index (χ2v) is 5.16. The molecular weight excluding hydrogens is 334 g/mol. The number of aliphatic hydroxyl groups is 3. The Labute approximate surface area is 143 Å². The van der Waals surface area contributed by atoms with Crippen LogP contribution in [-0.4, -0.2) is 69.3 Å². The molecule has 10 heteroatoms. The minimum Gasteiger partial charge on any atom is -0.471 e. The summed E-state index contributed by atoms with van der Waals surface area (Å²) in [4.78, 5) is 20.8. The molecule has 0 spiro atoms. The molecule has 7 N–H and O–H groups in total. The van der Waals surface area contributed by atoms with E-state index in [-0.39, 0.29) is 5.90 Å². The maximum absolute atomic E-state index is 10.8. The smallest absolute Gasteiger partial charge is 0.409 e. The third-order valence-electron chi connectivity index (χ3n) is 3.20. The number of benzene rings is 1. The Kier molecular flexibility index (Phi) is 7.79. The highest BCUT2D eigenvalue weighted by atomic mass is 16.5. The van der Waals surface area contributed by atoms with E-state index in [9.17, 15) is 19.8 Å². The first-order chi connectivity index (χ1) is 11.8. The van der Waals surface area contributed by atoms with Crippen molar-refractivity contribution in [2.45, 2.75) is 31.3 Å². The summed E-state index contributed by atoms with van der Waals surface area (Å²) in [6.45, 7) is 0.720. The fourth-order valence-corrected chi connectivity index (χ4v) is 2.04. The largest absolute Gasteiger partial charge is 0.471 e. The molecule has 1 saturated heterocycles. The average Bonchev–Trinajstić information content (AvgIpc) is 2.55. The van der Waals surface area contributed by atoms with Gasteiger partial charge in [-0.15, -0.1) is 0 Å². The van der Waals surface area contributed by atoms with Crippen LogP contribution in [0.2, 0.25) is 0 Å². The number of aliphatic hydroxyl groups excluding tert-OH is 3. The lowest BCUT2D eigenvalue weighted by molar-refractivity contribution is -0.125. The predicted molar refractivity (Wildman–Crippen MR) is 87.4 cm³/mol. The molecule has 0 unspecified atom stereocenters. The van der Waals surface area contributed by atoms with Gasteiger partial charge in [0.1, 0.15) is 18.2 Å². The van der Waals surface area contributed by atoms with E-state index in [1.165, 1.54) is 6.92 Å². The van der Waals surface area contributed by atoms with Crippen molar-refractivity contribution in [1.29, 1.82) is 5.41 Å². The van der Waals surface area contributed by atoms with Gasteiger partial charge in [-0.05, 0) is 12.1 Å². The first kappa shape index (κ1) is 20.4. The number of anilines is 1. The zero-order chi connectivity index (χ0) is 19.0. The molecule has 1 aromatic rings. The molecule has 1 aromatic carbocycles.